The highest BCUT2D eigenvalue weighted by Gasteiger charge is 2.38. The molecule has 3 unspecified atom stereocenters. The van der Waals surface area contributed by atoms with E-state index in [-0.39, 0.29) is 42.3 Å². The fourth-order valence-electron chi connectivity index (χ4n) is 2.67. The van der Waals surface area contributed by atoms with E-state index < -0.39 is 21.8 Å². The van der Waals surface area contributed by atoms with Crippen molar-refractivity contribution in [3.05, 3.63) is 12.2 Å². The van der Waals surface area contributed by atoms with Gasteiger partial charge < -0.3 is 15.7 Å². The van der Waals surface area contributed by atoms with E-state index in [0.717, 1.165) is 0 Å². The molecule has 2 rings (SSSR count). The number of nitrogens with two attached hydrogens (primary N) is 1. The van der Waals surface area contributed by atoms with Crippen molar-refractivity contribution in [1.29, 1.82) is 0 Å². The van der Waals surface area contributed by atoms with E-state index in [1.165, 1.54) is 4.90 Å². The van der Waals surface area contributed by atoms with Crippen LogP contribution in [-0.2, 0) is 19.4 Å². The lowest BCUT2D eigenvalue weighted by Crippen LogP contribution is -2.53. The van der Waals surface area contributed by atoms with Crippen LogP contribution in [0.25, 0.3) is 0 Å². The van der Waals surface area contributed by atoms with Gasteiger partial charge in [0.05, 0.1) is 29.9 Å². The molecule has 0 radical (unpaired) electrons. The first kappa shape index (κ1) is 15.0. The van der Waals surface area contributed by atoms with Crippen LogP contribution in [0, 0.1) is 5.92 Å². The summed E-state index contributed by atoms with van der Waals surface area (Å²) in [7, 11) is -3.28. The molecule has 0 bridgehead atoms. The summed E-state index contributed by atoms with van der Waals surface area (Å²) in [5.74, 6) is -2.11. The molecule has 1 heterocycles. The lowest BCUT2D eigenvalue weighted by Gasteiger charge is -2.36. The largest absolute Gasteiger partial charge is 0.481 e. The normalized spacial score (nSPS) is 32.2. The minimum Gasteiger partial charge on any atom is -0.481 e. The molecular weight excluding hydrogens is 284 g/mol. The molecule has 1 aliphatic heterocycles. The molecule has 0 aromatic rings. The SMILES string of the molecule is NC1C=CC(C(=O)N2CCS(=O)(=O)CC2CC(=O)O)C1. The van der Waals surface area contributed by atoms with Crippen molar-refractivity contribution in [1.82, 2.24) is 4.90 Å². The van der Waals surface area contributed by atoms with E-state index >= 15 is 0 Å². The summed E-state index contributed by atoms with van der Waals surface area (Å²) in [6, 6.07) is -0.959. The molecule has 0 aromatic carbocycles. The number of carboxylic acids is 1. The number of amides is 1. The Balaban J connectivity index is 2.13. The molecule has 1 saturated heterocycles. The molecule has 3 atom stereocenters. The van der Waals surface area contributed by atoms with Gasteiger partial charge in [0.15, 0.2) is 9.84 Å². The summed E-state index contributed by atoms with van der Waals surface area (Å²) in [6.07, 6.45) is 3.60. The van der Waals surface area contributed by atoms with Gasteiger partial charge in [0, 0.05) is 12.6 Å². The third-order valence-corrected chi connectivity index (χ3v) is 5.35. The molecule has 20 heavy (non-hydrogen) atoms. The Morgan fingerprint density at radius 1 is 1.35 bits per heavy atom. The Labute approximate surface area is 117 Å². The summed E-state index contributed by atoms with van der Waals surface area (Å²) in [5, 5.41) is 8.88. The van der Waals surface area contributed by atoms with Crippen molar-refractivity contribution in [3.8, 4) is 0 Å². The van der Waals surface area contributed by atoms with Gasteiger partial charge in [-0.15, -0.1) is 0 Å². The minimum atomic E-state index is -3.28. The maximum absolute atomic E-state index is 12.4. The summed E-state index contributed by atoms with van der Waals surface area (Å²) in [6.45, 7) is 0.0543. The predicted molar refractivity (Wildman–Crippen MR) is 71.6 cm³/mol. The highest BCUT2D eigenvalue weighted by Crippen LogP contribution is 2.23. The van der Waals surface area contributed by atoms with Crippen LogP contribution in [0.3, 0.4) is 0 Å². The first-order chi connectivity index (χ1) is 9.28. The fourth-order valence-corrected chi connectivity index (χ4v) is 4.20. The van der Waals surface area contributed by atoms with E-state index in [0.29, 0.717) is 6.42 Å². The van der Waals surface area contributed by atoms with Gasteiger partial charge >= 0.3 is 5.97 Å². The van der Waals surface area contributed by atoms with E-state index in [9.17, 15) is 18.0 Å². The zero-order chi connectivity index (χ0) is 14.9. The molecule has 7 nitrogen and oxygen atoms in total. The van der Waals surface area contributed by atoms with Crippen LogP contribution in [0.15, 0.2) is 12.2 Å². The standard InChI is InChI=1S/C12H18N2O5S/c13-9-2-1-8(5-9)12(17)14-3-4-20(18,19)7-10(14)6-11(15)16/h1-2,8-10H,3-7,13H2,(H,15,16). The lowest BCUT2D eigenvalue weighted by molar-refractivity contribution is -0.141. The highest BCUT2D eigenvalue weighted by atomic mass is 32.2. The topological polar surface area (TPSA) is 118 Å². The van der Waals surface area contributed by atoms with Crippen LogP contribution >= 0.6 is 0 Å². The second-order valence-corrected chi connectivity index (χ2v) is 7.52. The molecule has 0 saturated carbocycles. The first-order valence-electron chi connectivity index (χ1n) is 6.45. The highest BCUT2D eigenvalue weighted by molar-refractivity contribution is 7.91. The third kappa shape index (κ3) is 3.37. The van der Waals surface area contributed by atoms with E-state index in [2.05, 4.69) is 0 Å². The second kappa shape index (κ2) is 5.53. The van der Waals surface area contributed by atoms with Crippen molar-refractivity contribution < 1.29 is 23.1 Å². The zero-order valence-electron chi connectivity index (χ0n) is 10.9. The van der Waals surface area contributed by atoms with Crippen molar-refractivity contribution in [3.63, 3.8) is 0 Å². The molecule has 0 aromatic heterocycles. The number of carboxylic acid groups (broad SMARTS) is 1. The van der Waals surface area contributed by atoms with Gasteiger partial charge in [-0.25, -0.2) is 8.42 Å². The number of rotatable bonds is 3. The molecule has 0 spiro atoms. The Morgan fingerprint density at radius 3 is 2.60 bits per heavy atom. The maximum Gasteiger partial charge on any atom is 0.305 e. The van der Waals surface area contributed by atoms with Crippen molar-refractivity contribution >= 4 is 21.7 Å². The molecule has 1 aliphatic carbocycles. The summed E-state index contributed by atoms with van der Waals surface area (Å²) < 4.78 is 23.2. The smallest absolute Gasteiger partial charge is 0.305 e. The Bertz CT molecular complexity index is 542. The summed E-state index contributed by atoms with van der Waals surface area (Å²) in [4.78, 5) is 24.6. The summed E-state index contributed by atoms with van der Waals surface area (Å²) >= 11 is 0. The number of carbonyl (C=O) groups excluding carboxylic acids is 1. The molecule has 8 heteroatoms. The van der Waals surface area contributed by atoms with Gasteiger partial charge in [0.2, 0.25) is 5.91 Å². The molecule has 1 amide bonds. The Hall–Kier alpha value is -1.41. The number of hydrogen-bond donors (Lipinski definition) is 2. The van der Waals surface area contributed by atoms with Crippen LogP contribution in [-0.4, -0.2) is 60.4 Å². The molecule has 2 aliphatic rings. The quantitative estimate of drug-likeness (QED) is 0.645. The lowest BCUT2D eigenvalue weighted by atomic mass is 10.0. The minimum absolute atomic E-state index is 0.0543. The number of hydrogen-bond acceptors (Lipinski definition) is 5. The molecule has 3 N–H and O–H groups in total. The molecule has 112 valence electrons. The van der Waals surface area contributed by atoms with Crippen molar-refractivity contribution in [2.75, 3.05) is 18.1 Å². The van der Waals surface area contributed by atoms with Crippen LogP contribution in [0.2, 0.25) is 0 Å². The van der Waals surface area contributed by atoms with Gasteiger partial charge in [0.25, 0.3) is 0 Å². The Morgan fingerprint density at radius 2 is 2.05 bits per heavy atom. The van der Waals surface area contributed by atoms with Gasteiger partial charge in [0.1, 0.15) is 0 Å². The van der Waals surface area contributed by atoms with Crippen LogP contribution in [0.4, 0.5) is 0 Å². The second-order valence-electron chi connectivity index (χ2n) is 5.29. The predicted octanol–water partition coefficient (Wildman–Crippen LogP) is -1.01. The van der Waals surface area contributed by atoms with Crippen molar-refractivity contribution in [2.45, 2.75) is 24.9 Å². The maximum atomic E-state index is 12.4. The average molecular weight is 302 g/mol. The van der Waals surface area contributed by atoms with Crippen LogP contribution in [0.1, 0.15) is 12.8 Å². The number of carbonyl (C=O) groups is 2. The van der Waals surface area contributed by atoms with Gasteiger partial charge in [-0.2, -0.15) is 0 Å². The van der Waals surface area contributed by atoms with E-state index in [1.54, 1.807) is 12.2 Å². The zero-order valence-corrected chi connectivity index (χ0v) is 11.8. The fraction of sp³-hybridized carbons (Fsp3) is 0.667. The average Bonchev–Trinajstić information content (AvgIpc) is 2.73. The third-order valence-electron chi connectivity index (χ3n) is 3.66. The molecular formula is C12H18N2O5S. The first-order valence-corrected chi connectivity index (χ1v) is 8.27. The van der Waals surface area contributed by atoms with Crippen LogP contribution in [0.5, 0.6) is 0 Å². The van der Waals surface area contributed by atoms with E-state index in [4.69, 9.17) is 10.8 Å². The van der Waals surface area contributed by atoms with Crippen LogP contribution < -0.4 is 5.73 Å². The monoisotopic (exact) mass is 302 g/mol. The van der Waals surface area contributed by atoms with Gasteiger partial charge in [-0.1, -0.05) is 12.2 Å². The molecule has 1 fully saturated rings. The number of sulfone groups is 1. The number of aliphatic carboxylic acids is 1. The van der Waals surface area contributed by atoms with Gasteiger partial charge in [-0.3, -0.25) is 9.59 Å². The van der Waals surface area contributed by atoms with E-state index in [1.807, 2.05) is 0 Å². The van der Waals surface area contributed by atoms with Gasteiger partial charge in [-0.05, 0) is 6.42 Å². The summed E-state index contributed by atoms with van der Waals surface area (Å²) in [5.41, 5.74) is 5.70. The van der Waals surface area contributed by atoms with Crippen molar-refractivity contribution in [2.24, 2.45) is 11.7 Å². The number of nitrogens with zero attached hydrogens (tertiary/aromatic N) is 1. The Kier molecular flexibility index (Phi) is 4.14.